The summed E-state index contributed by atoms with van der Waals surface area (Å²) in [6.45, 7) is 0. The van der Waals surface area contributed by atoms with Gasteiger partial charge in [-0.3, -0.25) is 4.72 Å². The maximum absolute atomic E-state index is 12.2. The second-order valence-corrected chi connectivity index (χ2v) is 6.49. The molecule has 2 aromatic carbocycles. The Kier molecular flexibility index (Phi) is 4.20. The second-order valence-electron chi connectivity index (χ2n) is 3.95. The van der Waals surface area contributed by atoms with Crippen molar-refractivity contribution in [3.8, 4) is 11.5 Å². The zero-order chi connectivity index (χ0) is 14.8. The van der Waals surface area contributed by atoms with Gasteiger partial charge in [0, 0.05) is 5.69 Å². The third-order valence-corrected chi connectivity index (χ3v) is 4.55. The number of nitrogens with one attached hydrogen (secondary N) is 1. The van der Waals surface area contributed by atoms with E-state index in [4.69, 9.17) is 9.84 Å². The minimum atomic E-state index is -3.69. The van der Waals surface area contributed by atoms with E-state index in [9.17, 15) is 8.42 Å². The summed E-state index contributed by atoms with van der Waals surface area (Å²) in [5.41, 5.74) is 0.370. The second kappa shape index (κ2) is 5.72. The van der Waals surface area contributed by atoms with Gasteiger partial charge in [-0.15, -0.1) is 0 Å². The number of aromatic hydroxyl groups is 1. The first-order valence-corrected chi connectivity index (χ1v) is 7.85. The van der Waals surface area contributed by atoms with E-state index >= 15 is 0 Å². The van der Waals surface area contributed by atoms with Gasteiger partial charge in [-0.2, -0.15) is 0 Å². The van der Waals surface area contributed by atoms with Crippen molar-refractivity contribution < 1.29 is 18.3 Å². The smallest absolute Gasteiger partial charge is 0.261 e. The van der Waals surface area contributed by atoms with Gasteiger partial charge in [0.25, 0.3) is 10.0 Å². The fourth-order valence-electron chi connectivity index (χ4n) is 1.56. The van der Waals surface area contributed by atoms with Crippen molar-refractivity contribution in [2.24, 2.45) is 0 Å². The maximum Gasteiger partial charge on any atom is 0.261 e. The molecule has 0 spiro atoms. The lowest BCUT2D eigenvalue weighted by Gasteiger charge is -2.10. The number of phenolic OH excluding ortho intramolecular Hbond substituents is 1. The molecule has 0 fully saturated rings. The van der Waals surface area contributed by atoms with E-state index in [1.165, 1.54) is 43.5 Å². The SMILES string of the molecule is COc1ccc(S(=O)(=O)Nc2ccc(O)cc2)cc1Br. The van der Waals surface area contributed by atoms with E-state index in [1.54, 1.807) is 6.07 Å². The highest BCUT2D eigenvalue weighted by molar-refractivity contribution is 9.10. The van der Waals surface area contributed by atoms with Crippen LogP contribution in [0.15, 0.2) is 51.8 Å². The zero-order valence-electron chi connectivity index (χ0n) is 10.5. The van der Waals surface area contributed by atoms with E-state index in [0.717, 1.165) is 0 Å². The van der Waals surface area contributed by atoms with E-state index in [1.807, 2.05) is 0 Å². The molecule has 0 aliphatic rings. The van der Waals surface area contributed by atoms with E-state index in [2.05, 4.69) is 20.7 Å². The molecule has 2 aromatic rings. The average Bonchev–Trinajstić information content (AvgIpc) is 2.41. The number of benzene rings is 2. The van der Waals surface area contributed by atoms with Crippen LogP contribution in [0.4, 0.5) is 5.69 Å². The molecule has 0 bridgehead atoms. The van der Waals surface area contributed by atoms with Crippen LogP contribution < -0.4 is 9.46 Å². The lowest BCUT2D eigenvalue weighted by atomic mass is 10.3. The summed E-state index contributed by atoms with van der Waals surface area (Å²) in [6, 6.07) is 10.2. The van der Waals surface area contributed by atoms with Crippen LogP contribution in [0, 0.1) is 0 Å². The predicted octanol–water partition coefficient (Wildman–Crippen LogP) is 2.96. The maximum atomic E-state index is 12.2. The number of ether oxygens (including phenoxy) is 1. The molecule has 0 saturated carbocycles. The quantitative estimate of drug-likeness (QED) is 0.824. The van der Waals surface area contributed by atoms with E-state index in [0.29, 0.717) is 15.9 Å². The Bertz CT molecular complexity index is 714. The van der Waals surface area contributed by atoms with Crippen molar-refractivity contribution in [2.45, 2.75) is 4.90 Å². The molecule has 2 N–H and O–H groups in total. The molecule has 7 heteroatoms. The van der Waals surface area contributed by atoms with Crippen LogP contribution in [0.2, 0.25) is 0 Å². The molecule has 0 radical (unpaired) electrons. The minimum absolute atomic E-state index is 0.0696. The first kappa shape index (κ1) is 14.7. The monoisotopic (exact) mass is 357 g/mol. The van der Waals surface area contributed by atoms with Crippen molar-refractivity contribution in [1.29, 1.82) is 0 Å². The normalized spacial score (nSPS) is 11.1. The highest BCUT2D eigenvalue weighted by Crippen LogP contribution is 2.28. The molecule has 0 saturated heterocycles. The number of anilines is 1. The average molecular weight is 358 g/mol. The van der Waals surface area contributed by atoms with Gasteiger partial charge in [0.15, 0.2) is 0 Å². The summed E-state index contributed by atoms with van der Waals surface area (Å²) in [5, 5.41) is 9.17. The summed E-state index contributed by atoms with van der Waals surface area (Å²) < 4.78 is 32.4. The number of hydrogen-bond donors (Lipinski definition) is 2. The van der Waals surface area contributed by atoms with Crippen LogP contribution in [0.1, 0.15) is 0 Å². The molecule has 0 atom stereocenters. The topological polar surface area (TPSA) is 75.6 Å². The number of sulfonamides is 1. The van der Waals surface area contributed by atoms with Gasteiger partial charge in [0.05, 0.1) is 16.5 Å². The van der Waals surface area contributed by atoms with E-state index in [-0.39, 0.29) is 10.6 Å². The van der Waals surface area contributed by atoms with Crippen LogP contribution in [-0.4, -0.2) is 20.6 Å². The van der Waals surface area contributed by atoms with Gasteiger partial charge >= 0.3 is 0 Å². The van der Waals surface area contributed by atoms with Crippen LogP contribution in [0.5, 0.6) is 11.5 Å². The lowest BCUT2D eigenvalue weighted by molar-refractivity contribution is 0.411. The fraction of sp³-hybridized carbons (Fsp3) is 0.0769. The molecular formula is C13H12BrNO4S. The molecule has 0 aliphatic heterocycles. The third kappa shape index (κ3) is 3.23. The van der Waals surface area contributed by atoms with Crippen molar-refractivity contribution in [1.82, 2.24) is 0 Å². The van der Waals surface area contributed by atoms with Crippen molar-refractivity contribution in [3.05, 3.63) is 46.9 Å². The number of halogens is 1. The molecular weight excluding hydrogens is 346 g/mol. The van der Waals surface area contributed by atoms with Crippen LogP contribution in [0.25, 0.3) is 0 Å². The van der Waals surface area contributed by atoms with Crippen LogP contribution >= 0.6 is 15.9 Å². The van der Waals surface area contributed by atoms with Gasteiger partial charge in [-0.1, -0.05) is 0 Å². The van der Waals surface area contributed by atoms with Crippen molar-refractivity contribution in [3.63, 3.8) is 0 Å². The minimum Gasteiger partial charge on any atom is -0.508 e. The lowest BCUT2D eigenvalue weighted by Crippen LogP contribution is -2.12. The number of phenols is 1. The predicted molar refractivity (Wildman–Crippen MR) is 79.6 cm³/mol. The van der Waals surface area contributed by atoms with Gasteiger partial charge in [0.1, 0.15) is 11.5 Å². The molecule has 106 valence electrons. The molecule has 20 heavy (non-hydrogen) atoms. The molecule has 0 unspecified atom stereocenters. The first-order chi connectivity index (χ1) is 9.42. The van der Waals surface area contributed by atoms with Gasteiger partial charge in [-0.05, 0) is 58.4 Å². The van der Waals surface area contributed by atoms with Crippen molar-refractivity contribution in [2.75, 3.05) is 11.8 Å². The Labute approximate surface area is 125 Å². The summed E-state index contributed by atoms with van der Waals surface area (Å²) in [7, 11) is -2.19. The summed E-state index contributed by atoms with van der Waals surface area (Å²) in [6.07, 6.45) is 0. The Morgan fingerprint density at radius 2 is 1.80 bits per heavy atom. The number of rotatable bonds is 4. The van der Waals surface area contributed by atoms with Crippen molar-refractivity contribution >= 4 is 31.6 Å². The van der Waals surface area contributed by atoms with Gasteiger partial charge < -0.3 is 9.84 Å². The number of hydrogen-bond acceptors (Lipinski definition) is 4. The Morgan fingerprint density at radius 1 is 1.15 bits per heavy atom. The van der Waals surface area contributed by atoms with E-state index < -0.39 is 10.0 Å². The number of methoxy groups -OCH3 is 1. The highest BCUT2D eigenvalue weighted by atomic mass is 79.9. The first-order valence-electron chi connectivity index (χ1n) is 5.58. The summed E-state index contributed by atoms with van der Waals surface area (Å²) >= 11 is 3.24. The molecule has 5 nitrogen and oxygen atoms in total. The Balaban J connectivity index is 2.30. The Morgan fingerprint density at radius 3 is 2.35 bits per heavy atom. The summed E-state index contributed by atoms with van der Waals surface area (Å²) in [5.74, 6) is 0.619. The largest absolute Gasteiger partial charge is 0.508 e. The molecule has 0 heterocycles. The molecule has 0 aromatic heterocycles. The molecule has 2 rings (SSSR count). The van der Waals surface area contributed by atoms with Gasteiger partial charge in [0.2, 0.25) is 0 Å². The fourth-order valence-corrected chi connectivity index (χ4v) is 3.33. The summed E-state index contributed by atoms with van der Waals surface area (Å²) in [4.78, 5) is 0.109. The molecule has 0 aliphatic carbocycles. The zero-order valence-corrected chi connectivity index (χ0v) is 12.9. The van der Waals surface area contributed by atoms with Crippen LogP contribution in [-0.2, 0) is 10.0 Å². The standard InChI is InChI=1S/C13H12BrNO4S/c1-19-13-7-6-11(8-12(13)14)20(17,18)15-9-2-4-10(16)5-3-9/h2-8,15-16H,1H3. The highest BCUT2D eigenvalue weighted by Gasteiger charge is 2.16. The molecule has 0 amide bonds. The third-order valence-electron chi connectivity index (χ3n) is 2.55. The Hall–Kier alpha value is -1.73. The van der Waals surface area contributed by atoms with Gasteiger partial charge in [-0.25, -0.2) is 8.42 Å². The van der Waals surface area contributed by atoms with Crippen LogP contribution in [0.3, 0.4) is 0 Å².